The molecule has 2 aromatic rings. The van der Waals surface area contributed by atoms with Crippen LogP contribution in [-0.4, -0.2) is 36.2 Å². The molecule has 0 unspecified atom stereocenters. The summed E-state index contributed by atoms with van der Waals surface area (Å²) in [6.45, 7) is 3.13. The number of benzene rings is 2. The highest BCUT2D eigenvalue weighted by atomic mass is 32.2. The van der Waals surface area contributed by atoms with Crippen LogP contribution in [0.25, 0.3) is 0 Å². The summed E-state index contributed by atoms with van der Waals surface area (Å²) in [5.74, 6) is -1.36. The molecule has 2 N–H and O–H groups in total. The molecule has 0 radical (unpaired) electrons. The molecule has 0 fully saturated rings. The topological polar surface area (TPSA) is 155 Å². The zero-order valence-electron chi connectivity index (χ0n) is 13.2. The fraction of sp³-hybridized carbons (Fsp3) is 0.200. The molecule has 0 spiro atoms. The first-order valence-electron chi connectivity index (χ1n) is 6.87. The molecule has 0 saturated heterocycles. The van der Waals surface area contributed by atoms with Gasteiger partial charge in [-0.15, -0.1) is 0 Å². The third-order valence-electron chi connectivity index (χ3n) is 3.75. The molecule has 0 atom stereocenters. The smallest absolute Gasteiger partial charge is 0.133 e. The summed E-state index contributed by atoms with van der Waals surface area (Å²) in [5, 5.41) is 19.3. The van der Waals surface area contributed by atoms with E-state index >= 15 is 0 Å². The minimum Gasteiger partial charge on any atom is -0.744 e. The van der Waals surface area contributed by atoms with Crippen molar-refractivity contribution in [2.24, 2.45) is 0 Å². The highest BCUT2D eigenvalue weighted by molar-refractivity contribution is 7.86. The van der Waals surface area contributed by atoms with Crippen molar-refractivity contribution >= 4 is 20.2 Å². The molecule has 2 rings (SSSR count). The van der Waals surface area contributed by atoms with Crippen LogP contribution in [0.1, 0.15) is 22.3 Å². The molecule has 0 aliphatic rings. The number of hydrogen-bond acceptors (Lipinski definition) is 8. The Balaban J connectivity index is 2.61. The minimum atomic E-state index is -4.90. The van der Waals surface area contributed by atoms with Crippen molar-refractivity contribution in [2.75, 3.05) is 0 Å². The van der Waals surface area contributed by atoms with Crippen LogP contribution in [0, 0.1) is 13.8 Å². The SMILES string of the molecule is Cc1cc(O)c(S(=O)(=O)[O-])cc1Cc1cc(S(=O)(=O)[O-])c(O)cc1C. The largest absolute Gasteiger partial charge is 0.744 e. The van der Waals surface area contributed by atoms with E-state index in [1.165, 1.54) is 0 Å². The van der Waals surface area contributed by atoms with Crippen molar-refractivity contribution in [1.82, 2.24) is 0 Å². The maximum Gasteiger partial charge on any atom is 0.133 e. The van der Waals surface area contributed by atoms with Gasteiger partial charge in [0.2, 0.25) is 0 Å². The van der Waals surface area contributed by atoms with Crippen molar-refractivity contribution in [3.63, 3.8) is 0 Å². The van der Waals surface area contributed by atoms with Crippen LogP contribution in [0.4, 0.5) is 0 Å². The van der Waals surface area contributed by atoms with Gasteiger partial charge in [-0.05, 0) is 66.8 Å². The lowest BCUT2D eigenvalue weighted by molar-refractivity contribution is 0.432. The third-order valence-corrected chi connectivity index (χ3v) is 5.49. The first-order valence-corrected chi connectivity index (χ1v) is 9.69. The van der Waals surface area contributed by atoms with Gasteiger partial charge in [0.05, 0.1) is 9.79 Å². The molecule has 0 aliphatic heterocycles. The first kappa shape index (κ1) is 19.2. The molecule has 0 aliphatic carbocycles. The van der Waals surface area contributed by atoms with Crippen LogP contribution in [-0.2, 0) is 26.7 Å². The van der Waals surface area contributed by atoms with Gasteiger partial charge in [0.25, 0.3) is 0 Å². The number of aryl methyl sites for hydroxylation is 2. The number of hydrogen-bond donors (Lipinski definition) is 2. The van der Waals surface area contributed by atoms with Gasteiger partial charge in [-0.3, -0.25) is 0 Å². The molecular weight excluding hydrogens is 372 g/mol. The van der Waals surface area contributed by atoms with E-state index in [1.54, 1.807) is 13.8 Å². The number of phenols is 2. The zero-order chi connectivity index (χ0) is 19.2. The summed E-state index contributed by atoms with van der Waals surface area (Å²) in [7, 11) is -9.80. The van der Waals surface area contributed by atoms with Gasteiger partial charge in [-0.25, -0.2) is 16.8 Å². The van der Waals surface area contributed by atoms with Crippen LogP contribution in [0.2, 0.25) is 0 Å². The maximum atomic E-state index is 11.2. The lowest BCUT2D eigenvalue weighted by Crippen LogP contribution is -2.05. The summed E-state index contributed by atoms with van der Waals surface area (Å²) in [5.41, 5.74) is 1.61. The molecule has 2 aromatic carbocycles. The number of phenolic OH excluding ortho intramolecular Hbond substituents is 2. The van der Waals surface area contributed by atoms with Gasteiger partial charge in [0, 0.05) is 0 Å². The van der Waals surface area contributed by atoms with Crippen molar-refractivity contribution in [3.8, 4) is 11.5 Å². The quantitative estimate of drug-likeness (QED) is 0.740. The Morgan fingerprint density at radius 1 is 0.760 bits per heavy atom. The molecule has 136 valence electrons. The Labute approximate surface area is 144 Å². The summed E-state index contributed by atoms with van der Waals surface area (Å²) in [6.07, 6.45) is -0.0106. The average Bonchev–Trinajstić information content (AvgIpc) is 2.41. The highest BCUT2D eigenvalue weighted by Crippen LogP contribution is 2.31. The fourth-order valence-corrected chi connectivity index (χ4v) is 3.62. The van der Waals surface area contributed by atoms with Gasteiger partial charge < -0.3 is 19.3 Å². The first-order chi connectivity index (χ1) is 11.3. The second kappa shape index (κ2) is 6.30. The van der Waals surface area contributed by atoms with Gasteiger partial charge in [0.15, 0.2) is 0 Å². The van der Waals surface area contributed by atoms with Crippen LogP contribution in [0.15, 0.2) is 34.1 Å². The Kier molecular flexibility index (Phi) is 4.83. The van der Waals surface area contributed by atoms with Gasteiger partial charge in [-0.1, -0.05) is 0 Å². The molecule has 0 amide bonds. The van der Waals surface area contributed by atoms with E-state index in [4.69, 9.17) is 0 Å². The summed E-state index contributed by atoms with van der Waals surface area (Å²) < 4.78 is 67.2. The normalized spacial score (nSPS) is 12.3. The summed E-state index contributed by atoms with van der Waals surface area (Å²) >= 11 is 0. The maximum absolute atomic E-state index is 11.2. The summed E-state index contributed by atoms with van der Waals surface area (Å²) in [6, 6.07) is 4.23. The third kappa shape index (κ3) is 4.10. The number of aromatic hydroxyl groups is 2. The van der Waals surface area contributed by atoms with Crippen molar-refractivity contribution in [3.05, 3.63) is 46.5 Å². The predicted molar refractivity (Wildman–Crippen MR) is 84.4 cm³/mol. The lowest BCUT2D eigenvalue weighted by Gasteiger charge is -2.16. The van der Waals surface area contributed by atoms with E-state index < -0.39 is 41.5 Å². The van der Waals surface area contributed by atoms with Crippen LogP contribution in [0.5, 0.6) is 11.5 Å². The minimum absolute atomic E-state index is 0.0106. The van der Waals surface area contributed by atoms with E-state index in [9.17, 15) is 36.2 Å². The molecule has 10 heteroatoms. The van der Waals surface area contributed by atoms with Crippen LogP contribution >= 0.6 is 0 Å². The van der Waals surface area contributed by atoms with Crippen LogP contribution in [0.3, 0.4) is 0 Å². The molecule has 0 aromatic heterocycles. The van der Waals surface area contributed by atoms with Crippen molar-refractivity contribution in [2.45, 2.75) is 30.1 Å². The van der Waals surface area contributed by atoms with E-state index in [-0.39, 0.29) is 6.42 Å². The Morgan fingerprint density at radius 3 is 1.36 bits per heavy atom. The van der Waals surface area contributed by atoms with Gasteiger partial charge >= 0.3 is 0 Å². The average molecular weight is 386 g/mol. The van der Waals surface area contributed by atoms with E-state index in [0.717, 1.165) is 24.3 Å². The van der Waals surface area contributed by atoms with Gasteiger partial charge in [0.1, 0.15) is 31.7 Å². The van der Waals surface area contributed by atoms with E-state index in [1.807, 2.05) is 0 Å². The molecule has 25 heavy (non-hydrogen) atoms. The second-order valence-corrected chi connectivity index (χ2v) is 8.27. The Morgan fingerprint density at radius 2 is 1.08 bits per heavy atom. The molecular formula is C15H14O8S2-2. The van der Waals surface area contributed by atoms with Gasteiger partial charge in [-0.2, -0.15) is 0 Å². The van der Waals surface area contributed by atoms with E-state index in [0.29, 0.717) is 22.3 Å². The standard InChI is InChI=1S/C15H16O8S2/c1-8-3-12(16)14(24(18,19)20)6-10(8)5-11-7-15(25(21,22)23)13(17)4-9(11)2/h3-4,6-7,16-17H,5H2,1-2H3,(H,18,19,20)(H,21,22,23)/p-2. The van der Waals surface area contributed by atoms with Crippen molar-refractivity contribution < 1.29 is 36.2 Å². The van der Waals surface area contributed by atoms with Crippen LogP contribution < -0.4 is 0 Å². The highest BCUT2D eigenvalue weighted by Gasteiger charge is 2.16. The lowest BCUT2D eigenvalue weighted by atomic mass is 9.97. The summed E-state index contributed by atoms with van der Waals surface area (Å²) in [4.78, 5) is -1.58. The Hall–Kier alpha value is -2.14. The van der Waals surface area contributed by atoms with Crippen molar-refractivity contribution in [1.29, 1.82) is 0 Å². The molecule has 8 nitrogen and oxygen atoms in total. The predicted octanol–water partition coefficient (Wildman–Crippen LogP) is 1.11. The molecule has 0 heterocycles. The number of rotatable bonds is 4. The fourth-order valence-electron chi connectivity index (χ4n) is 2.42. The molecule has 0 saturated carbocycles. The second-order valence-electron chi connectivity index (χ2n) is 5.58. The Bertz CT molecular complexity index is 968. The van der Waals surface area contributed by atoms with E-state index in [2.05, 4.69) is 0 Å². The zero-order valence-corrected chi connectivity index (χ0v) is 14.8. The molecule has 0 bridgehead atoms. The monoisotopic (exact) mass is 386 g/mol.